The average molecular weight is 707 g/mol. The molecule has 0 saturated carbocycles. The van der Waals surface area contributed by atoms with Gasteiger partial charge in [0.05, 0.1) is 0 Å². The van der Waals surface area contributed by atoms with Gasteiger partial charge in [-0.2, -0.15) is 0 Å². The second-order valence-corrected chi connectivity index (χ2v) is 16.6. The molecule has 0 saturated heterocycles. The first kappa shape index (κ1) is 34.5. The van der Waals surface area contributed by atoms with Gasteiger partial charge in [-0.05, 0) is 123 Å². The summed E-state index contributed by atoms with van der Waals surface area (Å²) in [6.45, 7) is 15.6. The van der Waals surface area contributed by atoms with E-state index in [0.29, 0.717) is 0 Å². The standard InChI is InChI=1S/C55H46/c1-7-8-9-18-43(40-24-23-36-16-10-11-17-38(36)33-40)53-48-21-14-12-19-46(48)52(47-20-13-15-22-49(47)53)41-28-32-45-44-31-27-39(34-50(44)55(5,6)51(45)35-41)37-25-29-42(30-26-37)54(2,3)4/h7-35H,1H2,2-6H3/b9-8-,43-18+. The van der Waals surface area contributed by atoms with Crippen molar-refractivity contribution in [3.05, 3.63) is 210 Å². The van der Waals surface area contributed by atoms with Crippen molar-refractivity contribution >= 4 is 37.9 Å². The first-order chi connectivity index (χ1) is 26.6. The van der Waals surface area contributed by atoms with Gasteiger partial charge in [-0.25, -0.2) is 0 Å². The van der Waals surface area contributed by atoms with Crippen LogP contribution in [0.1, 0.15) is 62.4 Å². The van der Waals surface area contributed by atoms with Crippen molar-refractivity contribution in [2.24, 2.45) is 0 Å². The molecule has 1 aliphatic rings. The molecule has 0 atom stereocenters. The van der Waals surface area contributed by atoms with E-state index in [1.54, 1.807) is 0 Å². The van der Waals surface area contributed by atoms with E-state index in [1.807, 2.05) is 12.2 Å². The molecule has 8 aromatic carbocycles. The average Bonchev–Trinajstić information content (AvgIpc) is 3.43. The van der Waals surface area contributed by atoms with Crippen LogP contribution < -0.4 is 0 Å². The van der Waals surface area contributed by atoms with Crippen LogP contribution in [-0.2, 0) is 10.8 Å². The number of rotatable bonds is 6. The molecular formula is C55H46. The summed E-state index contributed by atoms with van der Waals surface area (Å²) in [5, 5.41) is 7.47. The zero-order valence-electron chi connectivity index (χ0n) is 32.5. The molecule has 0 amide bonds. The highest BCUT2D eigenvalue weighted by Gasteiger charge is 2.36. The maximum absolute atomic E-state index is 3.95. The maximum Gasteiger partial charge on any atom is 0.0159 e. The van der Waals surface area contributed by atoms with E-state index < -0.39 is 0 Å². The third kappa shape index (κ3) is 5.85. The maximum atomic E-state index is 3.95. The lowest BCUT2D eigenvalue weighted by atomic mass is 9.79. The highest BCUT2D eigenvalue weighted by Crippen LogP contribution is 2.52. The molecule has 0 heteroatoms. The molecule has 0 aliphatic heterocycles. The van der Waals surface area contributed by atoms with Gasteiger partial charge in [0.25, 0.3) is 0 Å². The fourth-order valence-electron chi connectivity index (χ4n) is 8.88. The predicted molar refractivity (Wildman–Crippen MR) is 239 cm³/mol. The molecule has 0 N–H and O–H groups in total. The smallest absolute Gasteiger partial charge is 0.0159 e. The Kier molecular flexibility index (Phi) is 8.32. The summed E-state index contributed by atoms with van der Waals surface area (Å²) in [5.41, 5.74) is 15.5. The molecule has 266 valence electrons. The highest BCUT2D eigenvalue weighted by atomic mass is 14.4. The van der Waals surface area contributed by atoms with Crippen LogP contribution in [-0.4, -0.2) is 0 Å². The van der Waals surface area contributed by atoms with Crippen LogP contribution in [0.25, 0.3) is 71.3 Å². The van der Waals surface area contributed by atoms with Crippen molar-refractivity contribution < 1.29 is 0 Å². The quantitative estimate of drug-likeness (QED) is 0.119. The van der Waals surface area contributed by atoms with Gasteiger partial charge in [0.2, 0.25) is 0 Å². The largest absolute Gasteiger partial charge is 0.0991 e. The predicted octanol–water partition coefficient (Wildman–Crippen LogP) is 15.3. The summed E-state index contributed by atoms with van der Waals surface area (Å²) < 4.78 is 0. The van der Waals surface area contributed by atoms with E-state index >= 15 is 0 Å². The minimum absolute atomic E-state index is 0.133. The van der Waals surface area contributed by atoms with Crippen LogP contribution >= 0.6 is 0 Å². The molecule has 1 aliphatic carbocycles. The van der Waals surface area contributed by atoms with Gasteiger partial charge in [0.1, 0.15) is 0 Å². The number of hydrogen-bond acceptors (Lipinski definition) is 0. The van der Waals surface area contributed by atoms with E-state index in [-0.39, 0.29) is 10.8 Å². The Labute approximate surface area is 325 Å². The second kappa shape index (κ2) is 13.3. The Balaban J connectivity index is 1.21. The summed E-state index contributed by atoms with van der Waals surface area (Å²) in [4.78, 5) is 0. The van der Waals surface area contributed by atoms with Gasteiger partial charge < -0.3 is 0 Å². The third-order valence-corrected chi connectivity index (χ3v) is 11.8. The van der Waals surface area contributed by atoms with Crippen LogP contribution in [0.5, 0.6) is 0 Å². The second-order valence-electron chi connectivity index (χ2n) is 16.6. The Hall–Kier alpha value is -6.24. The SMILES string of the molecule is C=C/C=C\C=C(/c1ccc2ccccc2c1)c1c2ccccc2c(-c2ccc3c(c2)C(C)(C)c2cc(-c4ccc(C(C)(C)C)cc4)ccc2-3)c2ccccc12. The third-order valence-electron chi connectivity index (χ3n) is 11.8. The Bertz CT molecular complexity index is 2810. The van der Waals surface area contributed by atoms with Crippen LogP contribution in [0.3, 0.4) is 0 Å². The van der Waals surface area contributed by atoms with E-state index in [2.05, 4.69) is 205 Å². The van der Waals surface area contributed by atoms with Crippen molar-refractivity contribution in [1.82, 2.24) is 0 Å². The lowest BCUT2D eigenvalue weighted by Crippen LogP contribution is -2.15. The van der Waals surface area contributed by atoms with Crippen molar-refractivity contribution in [3.63, 3.8) is 0 Å². The normalized spacial score (nSPS) is 13.8. The number of benzene rings is 8. The summed E-state index contributed by atoms with van der Waals surface area (Å²) >= 11 is 0. The van der Waals surface area contributed by atoms with Crippen LogP contribution in [0, 0.1) is 0 Å². The van der Waals surface area contributed by atoms with E-state index in [4.69, 9.17) is 0 Å². The molecular weight excluding hydrogens is 661 g/mol. The number of hydrogen-bond donors (Lipinski definition) is 0. The fraction of sp³-hybridized carbons (Fsp3) is 0.127. The molecule has 0 unspecified atom stereocenters. The summed E-state index contributed by atoms with van der Waals surface area (Å²) in [6, 6.07) is 56.8. The zero-order valence-corrected chi connectivity index (χ0v) is 32.5. The molecule has 0 radical (unpaired) electrons. The van der Waals surface area contributed by atoms with Gasteiger partial charge in [-0.3, -0.25) is 0 Å². The molecule has 0 bridgehead atoms. The van der Waals surface area contributed by atoms with Crippen molar-refractivity contribution in [3.8, 4) is 33.4 Å². The molecule has 8 aromatic rings. The molecule has 0 aromatic heterocycles. The fourth-order valence-corrected chi connectivity index (χ4v) is 8.88. The number of allylic oxidation sites excluding steroid dienone is 4. The lowest BCUT2D eigenvalue weighted by molar-refractivity contribution is 0.590. The Morgan fingerprint density at radius 3 is 1.69 bits per heavy atom. The summed E-state index contributed by atoms with van der Waals surface area (Å²) in [6.07, 6.45) is 8.21. The van der Waals surface area contributed by atoms with Crippen molar-refractivity contribution in [1.29, 1.82) is 0 Å². The molecule has 0 spiro atoms. The first-order valence-electron chi connectivity index (χ1n) is 19.5. The van der Waals surface area contributed by atoms with Crippen LogP contribution in [0.2, 0.25) is 0 Å². The minimum Gasteiger partial charge on any atom is -0.0991 e. The van der Waals surface area contributed by atoms with Crippen molar-refractivity contribution in [2.75, 3.05) is 0 Å². The van der Waals surface area contributed by atoms with Crippen molar-refractivity contribution in [2.45, 2.75) is 45.4 Å². The lowest BCUT2D eigenvalue weighted by Gasteiger charge is -2.24. The Morgan fingerprint density at radius 1 is 0.527 bits per heavy atom. The molecule has 9 rings (SSSR count). The molecule has 55 heavy (non-hydrogen) atoms. The van der Waals surface area contributed by atoms with Gasteiger partial charge in [0.15, 0.2) is 0 Å². The molecule has 0 nitrogen and oxygen atoms in total. The number of fused-ring (bicyclic) bond motifs is 6. The van der Waals surface area contributed by atoms with Gasteiger partial charge in [-0.1, -0.05) is 199 Å². The highest BCUT2D eigenvalue weighted by molar-refractivity contribution is 6.20. The van der Waals surface area contributed by atoms with E-state index in [1.165, 1.54) is 99.1 Å². The molecule has 0 fully saturated rings. The van der Waals surface area contributed by atoms with E-state index in [0.717, 1.165) is 0 Å². The first-order valence-corrected chi connectivity index (χ1v) is 19.5. The van der Waals surface area contributed by atoms with Crippen LogP contribution in [0.4, 0.5) is 0 Å². The minimum atomic E-state index is -0.156. The van der Waals surface area contributed by atoms with Gasteiger partial charge >= 0.3 is 0 Å². The summed E-state index contributed by atoms with van der Waals surface area (Å²) in [5.74, 6) is 0. The Morgan fingerprint density at radius 2 is 1.07 bits per heavy atom. The molecule has 0 heterocycles. The van der Waals surface area contributed by atoms with E-state index in [9.17, 15) is 0 Å². The van der Waals surface area contributed by atoms with Gasteiger partial charge in [0, 0.05) is 5.41 Å². The van der Waals surface area contributed by atoms with Crippen LogP contribution in [0.15, 0.2) is 183 Å². The van der Waals surface area contributed by atoms with Gasteiger partial charge in [-0.15, -0.1) is 0 Å². The monoisotopic (exact) mass is 706 g/mol. The zero-order chi connectivity index (χ0) is 37.9. The topological polar surface area (TPSA) is 0 Å². The summed E-state index contributed by atoms with van der Waals surface area (Å²) in [7, 11) is 0.